The molecule has 0 aliphatic carbocycles. The van der Waals surface area contributed by atoms with Gasteiger partial charge >= 0.3 is 17.9 Å². The number of aryl methyl sites for hydroxylation is 3. The molecule has 9 heterocycles. The number of carbonyl (C=O) groups is 6. The number of nitrogen functional groups attached to an aromatic ring is 1. The number of aliphatic hydroxyl groups is 1. The second-order valence-corrected chi connectivity index (χ2v) is 30.3. The molecule has 124 heavy (non-hydrogen) atoms. The fourth-order valence-corrected chi connectivity index (χ4v) is 15.0. The Hall–Kier alpha value is -12.7. The Labute approximate surface area is 720 Å². The fraction of sp³-hybridized carbons (Fsp3) is 0.292. The smallest absolute Gasteiger partial charge is 0.337 e. The molecule has 29 nitrogen and oxygen atoms in total. The number of anilines is 3. The Morgan fingerprint density at radius 3 is 1.19 bits per heavy atom. The van der Waals surface area contributed by atoms with Crippen LogP contribution in [-0.4, -0.2) is 248 Å². The van der Waals surface area contributed by atoms with Gasteiger partial charge in [-0.1, -0.05) is 0 Å². The summed E-state index contributed by atoms with van der Waals surface area (Å²) in [5.41, 5.74) is 16.2. The SMILES string of the molecule is CCO.COC(=O)c1ccc(Nc2ccc(F)cc2)c(N)c1.COC(=O)c1ccc2c(c1)nc(C)n2-c1ccc(F)cc1.COC(C)(OC)OC.Cc1nc2cc(C(=O)N3CC(N4CCN(C(=O)c5nccs5)CC4)C3)ccc2n1-c1ccc(F)cc1.Cc1nc2cc(C(=O)O)ccc2n1-c1ccc(F)cc1.O=C(c1nccs1)N1CCN(C2CNC2)CC1. The van der Waals surface area contributed by atoms with Crippen molar-refractivity contribution in [2.24, 2.45) is 0 Å². The number of rotatable bonds is 16. The first-order valence-corrected chi connectivity index (χ1v) is 41.1. The highest BCUT2D eigenvalue weighted by molar-refractivity contribution is 7.11. The van der Waals surface area contributed by atoms with Gasteiger partial charge in [-0.3, -0.25) is 37.9 Å². The van der Waals surface area contributed by atoms with E-state index in [0.29, 0.717) is 98.9 Å². The summed E-state index contributed by atoms with van der Waals surface area (Å²) in [6, 6.07) is 45.8. The van der Waals surface area contributed by atoms with Crippen LogP contribution in [0.3, 0.4) is 0 Å². The van der Waals surface area contributed by atoms with Crippen molar-refractivity contribution in [1.82, 2.24) is 68.4 Å². The third-order valence-corrected chi connectivity index (χ3v) is 22.2. The van der Waals surface area contributed by atoms with Crippen molar-refractivity contribution in [1.29, 1.82) is 0 Å². The number of carboxylic acids is 1. The zero-order chi connectivity index (χ0) is 88.9. The summed E-state index contributed by atoms with van der Waals surface area (Å²) in [5.74, 6) is -1.53. The third kappa shape index (κ3) is 23.0. The summed E-state index contributed by atoms with van der Waals surface area (Å²) >= 11 is 2.79. The standard InChI is InChI=1S/C26H25FN6O2S.C16H13FN2O2.C15H11FN2O2.C14H13FN2O2.C11H16N4OS.C5H12O3.C2H6O/c1-17-29-22-14-18(2-7-23(22)33(17)20-5-3-19(27)4-6-20)25(34)32-15-21(16-32)30-9-11-31(12-10-30)26(35)24-28-8-13-36-24;1-10-18-14-9-11(16(20)21-2)3-8-15(14)19(10)13-6-4-12(17)5-7-13;1-9-17-13-8-10(15(19)20)2-7-14(13)18(9)12-5-3-11(16)4-6-12;1-19-14(18)9-2-7-13(12(16)8-9)17-11-5-3-10(15)4-6-11;16-11(10-13-1-6-17-10)15-4-2-14(3-5-15)9-7-12-8-9;1-5(6-2,7-3)8-4;1-2-3/h2-8,13-14,21H,9-12,15-16H2,1H3;3-9H,1-2H3;2-8H,1H3,(H,19,20);2-8,17H,16H2,1H3;1,6,9,12H,2-5,7-8H2;1-4H3;3H,2H2,1H3. The Kier molecular flexibility index (Phi) is 31.8. The average Bonchev–Trinajstić information content (AvgIpc) is 1.58. The molecule has 17 rings (SSSR count). The van der Waals surface area contributed by atoms with Crippen molar-refractivity contribution >= 4 is 108 Å². The number of carboxylic acid groups (broad SMARTS) is 1. The number of ether oxygens (including phenoxy) is 5. The summed E-state index contributed by atoms with van der Waals surface area (Å²) in [5, 5.41) is 27.7. The van der Waals surface area contributed by atoms with Crippen LogP contribution in [0.2, 0.25) is 0 Å². The van der Waals surface area contributed by atoms with Gasteiger partial charge < -0.3 is 65.0 Å². The summed E-state index contributed by atoms with van der Waals surface area (Å²) in [4.78, 5) is 104. The number of imidazole rings is 3. The number of aliphatic hydroxyl groups excluding tert-OH is 1. The van der Waals surface area contributed by atoms with Crippen molar-refractivity contribution in [3.8, 4) is 17.1 Å². The number of thiazole rings is 2. The predicted molar refractivity (Wildman–Crippen MR) is 465 cm³/mol. The normalized spacial score (nSPS) is 14.0. The van der Waals surface area contributed by atoms with Crippen molar-refractivity contribution in [3.05, 3.63) is 266 Å². The number of carbonyl (C=O) groups excluding carboxylic acids is 5. The molecule has 0 radical (unpaired) electrons. The molecule has 5 aromatic heterocycles. The lowest BCUT2D eigenvalue weighted by molar-refractivity contribution is -0.340. The van der Waals surface area contributed by atoms with Gasteiger partial charge in [0.1, 0.15) is 40.7 Å². The van der Waals surface area contributed by atoms with Crippen molar-refractivity contribution in [2.45, 2.75) is 52.7 Å². The molecular formula is C89H96F4N16O13S2. The number of fused-ring (bicyclic) bond motifs is 3. The number of hydrogen-bond donors (Lipinski definition) is 5. The van der Waals surface area contributed by atoms with E-state index >= 15 is 0 Å². The first-order valence-electron chi connectivity index (χ1n) is 39.4. The van der Waals surface area contributed by atoms with E-state index in [4.69, 9.17) is 34.9 Å². The van der Waals surface area contributed by atoms with E-state index in [0.717, 1.165) is 103 Å². The Bertz CT molecular complexity index is 5770. The number of likely N-dealkylation sites (tertiary alicyclic amines) is 1. The van der Waals surface area contributed by atoms with Gasteiger partial charge in [0.25, 0.3) is 23.7 Å². The molecule has 0 bridgehead atoms. The number of amides is 3. The van der Waals surface area contributed by atoms with Gasteiger partial charge in [-0.2, -0.15) is 0 Å². The zero-order valence-electron chi connectivity index (χ0n) is 69.9. The van der Waals surface area contributed by atoms with Crippen LogP contribution in [0.15, 0.2) is 193 Å². The van der Waals surface area contributed by atoms with Gasteiger partial charge in [-0.05, 0) is 198 Å². The first kappa shape index (κ1) is 92.0. The van der Waals surface area contributed by atoms with Gasteiger partial charge in [-0.25, -0.2) is 56.9 Å². The van der Waals surface area contributed by atoms with Crippen LogP contribution in [0.5, 0.6) is 0 Å². The number of halogens is 4. The molecule has 0 spiro atoms. The van der Waals surface area contributed by atoms with Crippen LogP contribution < -0.4 is 16.4 Å². The fourth-order valence-electron chi connectivity index (χ4n) is 13.8. The van der Waals surface area contributed by atoms with Crippen molar-refractivity contribution in [2.75, 3.05) is 132 Å². The van der Waals surface area contributed by atoms with Crippen molar-refractivity contribution in [3.63, 3.8) is 0 Å². The second-order valence-electron chi connectivity index (χ2n) is 28.5. The molecule has 8 aromatic carbocycles. The zero-order valence-corrected chi connectivity index (χ0v) is 71.6. The molecule has 4 aliphatic rings. The minimum absolute atomic E-state index is 0.000260. The quantitative estimate of drug-likeness (QED) is 0.0260. The molecular weight excluding hydrogens is 1640 g/mol. The Morgan fingerprint density at radius 2 is 0.839 bits per heavy atom. The van der Waals surface area contributed by atoms with Crippen LogP contribution in [0, 0.1) is 44.0 Å². The monoisotopic (exact) mass is 1740 g/mol. The summed E-state index contributed by atoms with van der Waals surface area (Å²) in [7, 11) is 7.21. The van der Waals surface area contributed by atoms with E-state index < -0.39 is 23.9 Å². The van der Waals surface area contributed by atoms with Crippen LogP contribution in [0.4, 0.5) is 34.6 Å². The van der Waals surface area contributed by atoms with E-state index in [1.165, 1.54) is 125 Å². The average molecular weight is 1740 g/mol. The largest absolute Gasteiger partial charge is 0.478 e. The molecule has 0 unspecified atom stereocenters. The maximum Gasteiger partial charge on any atom is 0.337 e. The van der Waals surface area contributed by atoms with Gasteiger partial charge in [0.2, 0.25) is 0 Å². The molecule has 650 valence electrons. The van der Waals surface area contributed by atoms with E-state index in [2.05, 4.69) is 50.1 Å². The molecule has 6 N–H and O–H groups in total. The molecule has 35 heteroatoms. The Morgan fingerprint density at radius 1 is 0.484 bits per heavy atom. The minimum Gasteiger partial charge on any atom is -0.478 e. The van der Waals surface area contributed by atoms with Gasteiger partial charge in [0.15, 0.2) is 10.0 Å². The number of nitrogens with zero attached hydrogens (tertiary/aromatic N) is 13. The summed E-state index contributed by atoms with van der Waals surface area (Å²) in [6.07, 6.45) is 3.35. The predicted octanol–water partition coefficient (Wildman–Crippen LogP) is 13.1. The molecule has 4 fully saturated rings. The van der Waals surface area contributed by atoms with E-state index in [1.54, 1.807) is 105 Å². The molecule has 4 aliphatic heterocycles. The minimum atomic E-state index is -0.985. The Balaban J connectivity index is 0.000000150. The highest BCUT2D eigenvalue weighted by atomic mass is 32.1. The maximum atomic E-state index is 13.4. The highest BCUT2D eigenvalue weighted by Gasteiger charge is 2.38. The molecule has 0 saturated carbocycles. The lowest BCUT2D eigenvalue weighted by atomic mass is 10.0. The number of nitrogens with two attached hydrogens (primary N) is 1. The van der Waals surface area contributed by atoms with E-state index in [9.17, 15) is 46.3 Å². The first-order chi connectivity index (χ1) is 59.7. The molecule has 0 atom stereocenters. The topological polar surface area (TPSA) is 335 Å². The van der Waals surface area contributed by atoms with Crippen LogP contribution in [-0.2, 0) is 23.7 Å². The number of esters is 2. The molecule has 3 amide bonds. The number of piperazine rings is 2. The van der Waals surface area contributed by atoms with Crippen molar-refractivity contribution < 1.29 is 80.2 Å². The number of aromatic nitrogens is 8. The van der Waals surface area contributed by atoms with Gasteiger partial charge in [0, 0.05) is 177 Å². The van der Waals surface area contributed by atoms with Crippen LogP contribution in [0.25, 0.3) is 50.2 Å². The van der Waals surface area contributed by atoms with Crippen LogP contribution in [0.1, 0.15) is 92.4 Å². The third-order valence-electron chi connectivity index (χ3n) is 20.7. The van der Waals surface area contributed by atoms with Crippen LogP contribution >= 0.6 is 22.7 Å². The van der Waals surface area contributed by atoms with E-state index in [-0.39, 0.29) is 53.2 Å². The van der Waals surface area contributed by atoms with Gasteiger partial charge in [0.05, 0.1) is 75.4 Å². The lowest BCUT2D eigenvalue weighted by Gasteiger charge is -2.48. The number of nitrogens with one attached hydrogen (secondary N) is 2. The number of benzene rings is 8. The number of methoxy groups -OCH3 is 5. The van der Waals surface area contributed by atoms with E-state index in [1.807, 2.05) is 84.2 Å². The highest BCUT2D eigenvalue weighted by Crippen LogP contribution is 2.30. The number of hydrogen-bond acceptors (Lipinski definition) is 24. The second kappa shape index (κ2) is 42.9. The number of aromatic carboxylic acids is 1. The summed E-state index contributed by atoms with van der Waals surface area (Å²) in [6.45, 7) is 19.3. The lowest BCUT2D eigenvalue weighted by Crippen LogP contribution is -2.64. The molecule has 4 saturated heterocycles. The summed E-state index contributed by atoms with van der Waals surface area (Å²) < 4.78 is 81.6. The maximum absolute atomic E-state index is 13.4. The van der Waals surface area contributed by atoms with Gasteiger partial charge in [-0.15, -0.1) is 22.7 Å². The molecule has 13 aromatic rings.